The van der Waals surface area contributed by atoms with E-state index in [1.165, 1.54) is 0 Å². The number of aromatic nitrogens is 1. The number of carbonyl (C=O) groups excluding carboxylic acids is 1. The Hall–Kier alpha value is -2.86. The van der Waals surface area contributed by atoms with E-state index in [0.29, 0.717) is 22.2 Å². The van der Waals surface area contributed by atoms with Crippen molar-refractivity contribution in [3.8, 4) is 5.75 Å². The number of hydrogen-bond donors (Lipinski definition) is 1. The maximum Gasteiger partial charge on any atom is 0.339 e. The third kappa shape index (κ3) is 3.66. The Kier molecular flexibility index (Phi) is 4.81. The van der Waals surface area contributed by atoms with Gasteiger partial charge in [-0.05, 0) is 49.4 Å². The van der Waals surface area contributed by atoms with Crippen molar-refractivity contribution >= 4 is 34.3 Å². The molecule has 7 heteroatoms. The molecule has 27 heavy (non-hydrogen) atoms. The second kappa shape index (κ2) is 7.40. The third-order valence-corrected chi connectivity index (χ3v) is 4.86. The summed E-state index contributed by atoms with van der Waals surface area (Å²) in [5, 5.41) is 3.83. The fraction of sp³-hybridized carbons (Fsp3) is 0.250. The quantitative estimate of drug-likeness (QED) is 0.693. The van der Waals surface area contributed by atoms with Crippen molar-refractivity contribution in [3.05, 3.63) is 63.1 Å². The number of anilines is 1. The highest BCUT2D eigenvalue weighted by Gasteiger charge is 2.19. The number of ether oxygens (including phenoxy) is 1. The number of benzene rings is 1. The zero-order chi connectivity index (χ0) is 18.8. The highest BCUT2D eigenvalue weighted by molar-refractivity contribution is 6.32. The summed E-state index contributed by atoms with van der Waals surface area (Å²) in [7, 11) is 0. The Balaban J connectivity index is 1.56. The topological polar surface area (TPSA) is 81.4 Å². The molecule has 1 aromatic carbocycles. The lowest BCUT2D eigenvalue weighted by Crippen LogP contribution is -2.21. The van der Waals surface area contributed by atoms with Crippen LogP contribution in [-0.2, 0) is 17.6 Å². The average molecular weight is 385 g/mol. The van der Waals surface area contributed by atoms with Gasteiger partial charge in [0.1, 0.15) is 17.2 Å². The first-order chi connectivity index (χ1) is 13.1. The van der Waals surface area contributed by atoms with Crippen LogP contribution in [0, 0.1) is 0 Å². The van der Waals surface area contributed by atoms with E-state index in [0.717, 1.165) is 42.2 Å². The number of nitrogens with zero attached hydrogens (tertiary/aromatic N) is 1. The predicted octanol–water partition coefficient (Wildman–Crippen LogP) is 3.74. The first-order valence-corrected chi connectivity index (χ1v) is 9.11. The van der Waals surface area contributed by atoms with E-state index in [9.17, 15) is 9.59 Å². The van der Waals surface area contributed by atoms with Crippen LogP contribution in [0.15, 0.2) is 45.7 Å². The summed E-state index contributed by atoms with van der Waals surface area (Å²) >= 11 is 6.34. The van der Waals surface area contributed by atoms with Crippen molar-refractivity contribution in [2.45, 2.75) is 25.7 Å². The number of carbonyl (C=O) groups is 1. The molecule has 138 valence electrons. The summed E-state index contributed by atoms with van der Waals surface area (Å²) in [6.07, 6.45) is 5.18. The van der Waals surface area contributed by atoms with Gasteiger partial charge in [0.25, 0.3) is 5.91 Å². The minimum atomic E-state index is -0.364. The van der Waals surface area contributed by atoms with Crippen LogP contribution in [0.5, 0.6) is 5.75 Å². The number of amides is 1. The fourth-order valence-corrected chi connectivity index (χ4v) is 3.53. The largest absolute Gasteiger partial charge is 0.482 e. The van der Waals surface area contributed by atoms with Gasteiger partial charge in [-0.2, -0.15) is 0 Å². The lowest BCUT2D eigenvalue weighted by molar-refractivity contribution is -0.118. The van der Waals surface area contributed by atoms with Gasteiger partial charge in [-0.15, -0.1) is 0 Å². The number of fused-ring (bicyclic) bond motifs is 3. The first-order valence-electron chi connectivity index (χ1n) is 8.73. The van der Waals surface area contributed by atoms with Crippen molar-refractivity contribution in [1.29, 1.82) is 0 Å². The smallest absolute Gasteiger partial charge is 0.339 e. The second-order valence-electron chi connectivity index (χ2n) is 6.38. The zero-order valence-corrected chi connectivity index (χ0v) is 15.2. The van der Waals surface area contributed by atoms with E-state index in [1.807, 2.05) is 0 Å². The molecular formula is C20H17ClN2O4. The van der Waals surface area contributed by atoms with Gasteiger partial charge in [0, 0.05) is 23.2 Å². The average Bonchev–Trinajstić information content (AvgIpc) is 2.68. The Morgan fingerprint density at radius 1 is 1.22 bits per heavy atom. The molecule has 0 spiro atoms. The number of aryl methyl sites for hydroxylation is 1. The van der Waals surface area contributed by atoms with Crippen LogP contribution in [0.4, 0.5) is 5.82 Å². The van der Waals surface area contributed by atoms with E-state index in [2.05, 4.69) is 10.3 Å². The highest BCUT2D eigenvalue weighted by atomic mass is 35.5. The number of pyridine rings is 1. The SMILES string of the molecule is O=C(COc1cc2oc(=O)c3c(c2cc1Cl)CCCC3)Nc1ccccn1. The van der Waals surface area contributed by atoms with Crippen molar-refractivity contribution < 1.29 is 13.9 Å². The summed E-state index contributed by atoms with van der Waals surface area (Å²) in [6, 6.07) is 8.52. The maximum atomic E-state index is 12.2. The van der Waals surface area contributed by atoms with E-state index in [4.69, 9.17) is 20.8 Å². The normalized spacial score (nSPS) is 13.2. The van der Waals surface area contributed by atoms with Crippen LogP contribution in [0.3, 0.4) is 0 Å². The molecule has 6 nitrogen and oxygen atoms in total. The van der Waals surface area contributed by atoms with Crippen LogP contribution in [0.1, 0.15) is 24.0 Å². The van der Waals surface area contributed by atoms with Crippen LogP contribution >= 0.6 is 11.6 Å². The summed E-state index contributed by atoms with van der Waals surface area (Å²) < 4.78 is 11.0. The van der Waals surface area contributed by atoms with E-state index >= 15 is 0 Å². The zero-order valence-electron chi connectivity index (χ0n) is 14.5. The molecule has 1 N–H and O–H groups in total. The first kappa shape index (κ1) is 17.5. The highest BCUT2D eigenvalue weighted by Crippen LogP contribution is 2.34. The molecule has 1 aliphatic rings. The van der Waals surface area contributed by atoms with Gasteiger partial charge >= 0.3 is 5.63 Å². The Morgan fingerprint density at radius 2 is 2.04 bits per heavy atom. The van der Waals surface area contributed by atoms with Gasteiger partial charge in [0.15, 0.2) is 6.61 Å². The lowest BCUT2D eigenvalue weighted by Gasteiger charge is -2.17. The molecule has 0 fully saturated rings. The Morgan fingerprint density at radius 3 is 2.81 bits per heavy atom. The van der Waals surface area contributed by atoms with Gasteiger partial charge < -0.3 is 14.5 Å². The van der Waals surface area contributed by atoms with Gasteiger partial charge in [-0.25, -0.2) is 9.78 Å². The maximum absolute atomic E-state index is 12.2. The van der Waals surface area contributed by atoms with Gasteiger partial charge in [-0.3, -0.25) is 4.79 Å². The molecule has 0 saturated heterocycles. The van der Waals surface area contributed by atoms with Crippen LogP contribution in [0.2, 0.25) is 5.02 Å². The molecule has 0 radical (unpaired) electrons. The van der Waals surface area contributed by atoms with E-state index in [-0.39, 0.29) is 18.1 Å². The van der Waals surface area contributed by atoms with E-state index in [1.54, 1.807) is 36.5 Å². The van der Waals surface area contributed by atoms with Gasteiger partial charge in [0.05, 0.1) is 5.02 Å². The van der Waals surface area contributed by atoms with Crippen molar-refractivity contribution in [2.75, 3.05) is 11.9 Å². The van der Waals surface area contributed by atoms with Crippen LogP contribution < -0.4 is 15.7 Å². The number of nitrogens with one attached hydrogen (secondary N) is 1. The fourth-order valence-electron chi connectivity index (χ4n) is 3.31. The summed E-state index contributed by atoms with van der Waals surface area (Å²) in [4.78, 5) is 28.3. The standard InChI is InChI=1S/C20H17ClN2O4/c21-15-9-14-12-5-1-2-6-13(12)20(25)27-16(14)10-17(15)26-11-19(24)23-18-7-3-4-8-22-18/h3-4,7-10H,1-2,5-6,11H2,(H,22,23,24). The lowest BCUT2D eigenvalue weighted by atomic mass is 9.91. The predicted molar refractivity (Wildman–Crippen MR) is 102 cm³/mol. The van der Waals surface area contributed by atoms with Gasteiger partial charge in [0.2, 0.25) is 0 Å². The van der Waals surface area contributed by atoms with Gasteiger partial charge in [-0.1, -0.05) is 17.7 Å². The summed E-state index contributed by atoms with van der Waals surface area (Å²) in [6.45, 7) is -0.239. The molecule has 0 unspecified atom stereocenters. The Labute approximate surface area is 160 Å². The molecular weight excluding hydrogens is 368 g/mol. The number of hydrogen-bond acceptors (Lipinski definition) is 5. The molecule has 0 bridgehead atoms. The molecule has 0 saturated carbocycles. The molecule has 2 aromatic heterocycles. The van der Waals surface area contributed by atoms with E-state index < -0.39 is 0 Å². The molecule has 3 aromatic rings. The molecule has 0 aliphatic heterocycles. The van der Waals surface area contributed by atoms with Crippen molar-refractivity contribution in [3.63, 3.8) is 0 Å². The second-order valence-corrected chi connectivity index (χ2v) is 6.79. The molecule has 1 amide bonds. The van der Waals surface area contributed by atoms with Crippen molar-refractivity contribution in [2.24, 2.45) is 0 Å². The molecule has 1 aliphatic carbocycles. The molecule has 4 rings (SSSR count). The molecule has 2 heterocycles. The number of rotatable bonds is 4. The minimum absolute atomic E-state index is 0.239. The monoisotopic (exact) mass is 384 g/mol. The Bertz CT molecular complexity index is 1060. The van der Waals surface area contributed by atoms with Crippen LogP contribution in [0.25, 0.3) is 11.0 Å². The molecule has 0 atom stereocenters. The van der Waals surface area contributed by atoms with Crippen molar-refractivity contribution in [1.82, 2.24) is 4.98 Å². The minimum Gasteiger partial charge on any atom is -0.482 e. The third-order valence-electron chi connectivity index (χ3n) is 4.57. The summed E-state index contributed by atoms with van der Waals surface area (Å²) in [5.74, 6) is 0.365. The van der Waals surface area contributed by atoms with Crippen LogP contribution in [-0.4, -0.2) is 17.5 Å². The summed E-state index contributed by atoms with van der Waals surface area (Å²) in [5.41, 5.74) is 1.87. The number of halogens is 1.